The molecule has 1 saturated heterocycles. The molecule has 0 radical (unpaired) electrons. The molecule has 94 valence electrons. The first-order valence-corrected chi connectivity index (χ1v) is 6.84. The molecule has 1 unspecified atom stereocenters. The Morgan fingerprint density at radius 2 is 2.12 bits per heavy atom. The molecule has 0 N–H and O–H groups in total. The average molecular weight is 247 g/mol. The van der Waals surface area contributed by atoms with Gasteiger partial charge in [0.25, 0.3) is 0 Å². The second-order valence-electron chi connectivity index (χ2n) is 4.30. The minimum absolute atomic E-state index is 0.273. The molecule has 16 heavy (non-hydrogen) atoms. The maximum Gasteiger partial charge on any atom is 0.222 e. The van der Waals surface area contributed by atoms with Crippen molar-refractivity contribution in [2.45, 2.75) is 39.2 Å². The minimum atomic E-state index is 0.273. The second-order valence-corrected chi connectivity index (χ2v) is 4.67. The van der Waals surface area contributed by atoms with Crippen LogP contribution in [0.15, 0.2) is 0 Å². The molecule has 0 aromatic heterocycles. The van der Waals surface area contributed by atoms with Gasteiger partial charge >= 0.3 is 0 Å². The third kappa shape index (κ3) is 3.63. The van der Waals surface area contributed by atoms with Gasteiger partial charge < -0.3 is 4.90 Å². The lowest BCUT2D eigenvalue weighted by Crippen LogP contribution is -2.38. The summed E-state index contributed by atoms with van der Waals surface area (Å²) < 4.78 is 0. The van der Waals surface area contributed by atoms with Crippen molar-refractivity contribution in [1.82, 2.24) is 9.80 Å². The number of likely N-dealkylation sites (tertiary alicyclic amines) is 1. The second kappa shape index (κ2) is 7.13. The average Bonchev–Trinajstić information content (AvgIpc) is 2.77. The molecule has 1 rings (SSSR count). The number of hydrogen-bond acceptors (Lipinski definition) is 2. The monoisotopic (exact) mass is 246 g/mol. The Hall–Kier alpha value is -0.280. The van der Waals surface area contributed by atoms with Gasteiger partial charge in [0.05, 0.1) is 0 Å². The molecule has 0 aromatic rings. The van der Waals surface area contributed by atoms with Gasteiger partial charge in [0, 0.05) is 31.4 Å². The van der Waals surface area contributed by atoms with E-state index in [4.69, 9.17) is 11.6 Å². The van der Waals surface area contributed by atoms with Gasteiger partial charge in [-0.25, -0.2) is 0 Å². The lowest BCUT2D eigenvalue weighted by atomic mass is 10.2. The Labute approximate surface area is 104 Å². The summed E-state index contributed by atoms with van der Waals surface area (Å²) in [5.74, 6) is 0.856. The predicted molar refractivity (Wildman–Crippen MR) is 67.9 cm³/mol. The molecule has 1 aliphatic heterocycles. The molecular weight excluding hydrogens is 224 g/mol. The molecule has 3 nitrogen and oxygen atoms in total. The van der Waals surface area contributed by atoms with E-state index < -0.39 is 0 Å². The number of alkyl halides is 1. The highest BCUT2D eigenvalue weighted by molar-refractivity contribution is 6.17. The van der Waals surface area contributed by atoms with Crippen LogP contribution >= 0.6 is 11.6 Å². The fourth-order valence-electron chi connectivity index (χ4n) is 2.38. The SMILES string of the molecule is CCN(CC)C1CCN(C(=O)CCCCl)C1. The molecule has 1 amide bonds. The van der Waals surface area contributed by atoms with E-state index in [1.807, 2.05) is 4.90 Å². The van der Waals surface area contributed by atoms with Gasteiger partial charge in [0.2, 0.25) is 5.91 Å². The van der Waals surface area contributed by atoms with Gasteiger partial charge in [0.15, 0.2) is 0 Å². The highest BCUT2D eigenvalue weighted by atomic mass is 35.5. The molecule has 1 fully saturated rings. The maximum atomic E-state index is 11.8. The summed E-state index contributed by atoms with van der Waals surface area (Å²) in [5, 5.41) is 0. The summed E-state index contributed by atoms with van der Waals surface area (Å²) in [6.07, 6.45) is 2.52. The van der Waals surface area contributed by atoms with Crippen molar-refractivity contribution in [2.24, 2.45) is 0 Å². The lowest BCUT2D eigenvalue weighted by molar-refractivity contribution is -0.130. The van der Waals surface area contributed by atoms with Crippen molar-refractivity contribution in [3.63, 3.8) is 0 Å². The molecule has 0 aliphatic carbocycles. The summed E-state index contributed by atoms with van der Waals surface area (Å²) in [5.41, 5.74) is 0. The van der Waals surface area contributed by atoms with Gasteiger partial charge in [-0.2, -0.15) is 0 Å². The van der Waals surface area contributed by atoms with Crippen LogP contribution in [0.3, 0.4) is 0 Å². The van der Waals surface area contributed by atoms with Crippen molar-refractivity contribution in [3.05, 3.63) is 0 Å². The van der Waals surface area contributed by atoms with Gasteiger partial charge in [-0.05, 0) is 25.9 Å². The Balaban J connectivity index is 2.36. The summed E-state index contributed by atoms with van der Waals surface area (Å²) in [6, 6.07) is 0.565. The van der Waals surface area contributed by atoms with Crippen LogP contribution in [0, 0.1) is 0 Å². The zero-order valence-corrected chi connectivity index (χ0v) is 11.2. The predicted octanol–water partition coefficient (Wildman–Crippen LogP) is 1.95. The number of nitrogens with zero attached hydrogens (tertiary/aromatic N) is 2. The smallest absolute Gasteiger partial charge is 0.222 e. The van der Waals surface area contributed by atoms with Gasteiger partial charge in [-0.1, -0.05) is 13.8 Å². The molecule has 4 heteroatoms. The molecule has 1 aliphatic rings. The minimum Gasteiger partial charge on any atom is -0.341 e. The number of carbonyl (C=O) groups excluding carboxylic acids is 1. The number of halogens is 1. The first-order valence-electron chi connectivity index (χ1n) is 6.30. The van der Waals surface area contributed by atoms with E-state index in [2.05, 4.69) is 18.7 Å². The van der Waals surface area contributed by atoms with E-state index in [-0.39, 0.29) is 5.91 Å². The van der Waals surface area contributed by atoms with Crippen molar-refractivity contribution in [1.29, 1.82) is 0 Å². The van der Waals surface area contributed by atoms with Crippen LogP contribution in [0.2, 0.25) is 0 Å². The highest BCUT2D eigenvalue weighted by Crippen LogP contribution is 2.16. The third-order valence-corrected chi connectivity index (χ3v) is 3.64. The van der Waals surface area contributed by atoms with E-state index in [9.17, 15) is 4.79 Å². The normalized spacial score (nSPS) is 20.8. The highest BCUT2D eigenvalue weighted by Gasteiger charge is 2.28. The summed E-state index contributed by atoms with van der Waals surface area (Å²) in [4.78, 5) is 16.2. The lowest BCUT2D eigenvalue weighted by Gasteiger charge is -2.26. The van der Waals surface area contributed by atoms with Crippen molar-refractivity contribution >= 4 is 17.5 Å². The molecule has 1 heterocycles. The van der Waals surface area contributed by atoms with Crippen LogP contribution in [-0.4, -0.2) is 53.8 Å². The van der Waals surface area contributed by atoms with Crippen LogP contribution in [0.5, 0.6) is 0 Å². The maximum absolute atomic E-state index is 11.8. The largest absolute Gasteiger partial charge is 0.341 e. The standard InChI is InChI=1S/C12H23ClN2O/c1-3-14(4-2)11-7-9-15(10-11)12(16)6-5-8-13/h11H,3-10H2,1-2H3. The molecule has 0 saturated carbocycles. The van der Waals surface area contributed by atoms with Crippen LogP contribution in [0.25, 0.3) is 0 Å². The number of likely N-dealkylation sites (N-methyl/N-ethyl adjacent to an activating group) is 1. The van der Waals surface area contributed by atoms with E-state index in [1.54, 1.807) is 0 Å². The van der Waals surface area contributed by atoms with E-state index in [0.29, 0.717) is 18.3 Å². The van der Waals surface area contributed by atoms with Gasteiger partial charge in [-0.3, -0.25) is 9.69 Å². The van der Waals surface area contributed by atoms with Crippen molar-refractivity contribution < 1.29 is 4.79 Å². The van der Waals surface area contributed by atoms with E-state index >= 15 is 0 Å². The fraction of sp³-hybridized carbons (Fsp3) is 0.917. The Morgan fingerprint density at radius 3 is 2.69 bits per heavy atom. The third-order valence-electron chi connectivity index (χ3n) is 3.37. The Bertz CT molecular complexity index is 219. The molecular formula is C12H23ClN2O. The molecule has 1 atom stereocenters. The van der Waals surface area contributed by atoms with E-state index in [0.717, 1.165) is 39.0 Å². The molecule has 0 bridgehead atoms. The first kappa shape index (κ1) is 13.8. The molecule has 0 spiro atoms. The van der Waals surface area contributed by atoms with Crippen LogP contribution in [0.4, 0.5) is 0 Å². The molecule has 0 aromatic carbocycles. The number of carbonyl (C=O) groups is 1. The quantitative estimate of drug-likeness (QED) is 0.669. The van der Waals surface area contributed by atoms with E-state index in [1.165, 1.54) is 0 Å². The first-order chi connectivity index (χ1) is 7.72. The van der Waals surface area contributed by atoms with Crippen molar-refractivity contribution in [2.75, 3.05) is 32.1 Å². The van der Waals surface area contributed by atoms with Gasteiger partial charge in [-0.15, -0.1) is 11.6 Å². The van der Waals surface area contributed by atoms with Crippen LogP contribution in [0.1, 0.15) is 33.1 Å². The van der Waals surface area contributed by atoms with Crippen molar-refractivity contribution in [3.8, 4) is 0 Å². The number of hydrogen-bond donors (Lipinski definition) is 0. The summed E-state index contributed by atoms with van der Waals surface area (Å²) in [6.45, 7) is 8.34. The summed E-state index contributed by atoms with van der Waals surface area (Å²) >= 11 is 5.60. The van der Waals surface area contributed by atoms with Crippen LogP contribution < -0.4 is 0 Å². The number of amides is 1. The summed E-state index contributed by atoms with van der Waals surface area (Å²) in [7, 11) is 0. The zero-order valence-electron chi connectivity index (χ0n) is 10.4. The van der Waals surface area contributed by atoms with Gasteiger partial charge in [0.1, 0.15) is 0 Å². The van der Waals surface area contributed by atoms with Crippen LogP contribution in [-0.2, 0) is 4.79 Å². The Kier molecular flexibility index (Phi) is 6.14. The topological polar surface area (TPSA) is 23.6 Å². The fourth-order valence-corrected chi connectivity index (χ4v) is 2.52. The zero-order chi connectivity index (χ0) is 12.0. The Morgan fingerprint density at radius 1 is 1.44 bits per heavy atom. The number of rotatable bonds is 6.